The monoisotopic (exact) mass is 504 g/mol. The fraction of sp³-hybridized carbons (Fsp3) is 0.172. The quantitative estimate of drug-likeness (QED) is 0.247. The molecule has 8 nitrogen and oxygen atoms in total. The maximum atomic E-state index is 12.3. The molecule has 0 atom stereocenters. The molecular formula is C29H28O8. The van der Waals surface area contributed by atoms with Crippen molar-refractivity contribution in [1.82, 2.24) is 0 Å². The number of carbonyl (C=O) groups is 4. The van der Waals surface area contributed by atoms with Crippen molar-refractivity contribution in [3.8, 4) is 34.1 Å². The van der Waals surface area contributed by atoms with Gasteiger partial charge in [0, 0.05) is 22.3 Å². The molecule has 0 aliphatic carbocycles. The highest BCUT2D eigenvalue weighted by atomic mass is 16.6. The van der Waals surface area contributed by atoms with Gasteiger partial charge in [-0.3, -0.25) is 0 Å². The van der Waals surface area contributed by atoms with Crippen LogP contribution in [0.25, 0.3) is 11.1 Å². The Morgan fingerprint density at radius 1 is 0.541 bits per heavy atom. The van der Waals surface area contributed by atoms with Crippen molar-refractivity contribution in [1.29, 1.82) is 0 Å². The fourth-order valence-corrected chi connectivity index (χ4v) is 2.71. The molecule has 2 aromatic rings. The van der Waals surface area contributed by atoms with Crippen LogP contribution in [0.2, 0.25) is 0 Å². The predicted molar refractivity (Wildman–Crippen MR) is 138 cm³/mol. The zero-order chi connectivity index (χ0) is 28.0. The molecule has 0 aliphatic rings. The standard InChI is InChI=1S/C29H28O8/c1-15(2)26(30)34-22-11-10-20(13-23(22)35-27(31)16(3)4)21-12-19(9)25(37-29(33)18(7)8)24(14-21)36-28(32)17(5)6/h10-14H,1,3,5,7H2,2,4,6,8-9H3. The van der Waals surface area contributed by atoms with E-state index in [0.29, 0.717) is 16.7 Å². The van der Waals surface area contributed by atoms with Gasteiger partial charge in [0.1, 0.15) is 0 Å². The summed E-state index contributed by atoms with van der Waals surface area (Å²) in [6.07, 6.45) is 0. The molecule has 2 aromatic carbocycles. The van der Waals surface area contributed by atoms with Gasteiger partial charge in [-0.2, -0.15) is 0 Å². The highest BCUT2D eigenvalue weighted by molar-refractivity contribution is 5.93. The van der Waals surface area contributed by atoms with Gasteiger partial charge < -0.3 is 18.9 Å². The summed E-state index contributed by atoms with van der Waals surface area (Å²) >= 11 is 0. The van der Waals surface area contributed by atoms with Crippen LogP contribution in [0.5, 0.6) is 23.0 Å². The topological polar surface area (TPSA) is 105 Å². The largest absolute Gasteiger partial charge is 0.419 e. The lowest BCUT2D eigenvalue weighted by atomic mass is 10.0. The number of aryl methyl sites for hydroxylation is 1. The molecule has 37 heavy (non-hydrogen) atoms. The maximum Gasteiger partial charge on any atom is 0.338 e. The van der Waals surface area contributed by atoms with E-state index in [9.17, 15) is 19.2 Å². The summed E-state index contributed by atoms with van der Waals surface area (Å²) in [4.78, 5) is 48.8. The summed E-state index contributed by atoms with van der Waals surface area (Å²) in [5, 5.41) is 0. The van der Waals surface area contributed by atoms with Gasteiger partial charge in [-0.25, -0.2) is 19.2 Å². The third-order valence-electron chi connectivity index (χ3n) is 4.71. The van der Waals surface area contributed by atoms with Crippen molar-refractivity contribution < 1.29 is 38.1 Å². The summed E-state index contributed by atoms with van der Waals surface area (Å²) in [6.45, 7) is 21.8. The minimum Gasteiger partial charge on any atom is -0.419 e. The SMILES string of the molecule is C=C(C)C(=O)Oc1ccc(-c2cc(C)c(OC(=O)C(=C)C)c(OC(=O)C(=C)C)c2)cc1OC(=O)C(=C)C. The molecule has 0 fully saturated rings. The Kier molecular flexibility index (Phi) is 9.10. The first kappa shape index (κ1) is 28.5. The Morgan fingerprint density at radius 2 is 0.946 bits per heavy atom. The molecule has 0 saturated heterocycles. The molecule has 2 rings (SSSR count). The lowest BCUT2D eigenvalue weighted by molar-refractivity contribution is -0.132. The summed E-state index contributed by atoms with van der Waals surface area (Å²) < 4.78 is 21.5. The zero-order valence-electron chi connectivity index (χ0n) is 21.5. The van der Waals surface area contributed by atoms with Crippen LogP contribution in [0.15, 0.2) is 78.9 Å². The van der Waals surface area contributed by atoms with Crippen LogP contribution in [0.1, 0.15) is 33.3 Å². The predicted octanol–water partition coefficient (Wildman–Crippen LogP) is 5.59. The van der Waals surface area contributed by atoms with Crippen molar-refractivity contribution >= 4 is 23.9 Å². The Morgan fingerprint density at radius 3 is 1.43 bits per heavy atom. The number of rotatable bonds is 9. The summed E-state index contributed by atoms with van der Waals surface area (Å²) in [5.41, 5.74) is 2.07. The number of carbonyl (C=O) groups excluding carboxylic acids is 4. The van der Waals surface area contributed by atoms with Gasteiger partial charge in [0.05, 0.1) is 0 Å². The first-order valence-electron chi connectivity index (χ1n) is 11.0. The average Bonchev–Trinajstić information content (AvgIpc) is 2.81. The van der Waals surface area contributed by atoms with Gasteiger partial charge in [-0.05, 0) is 75.6 Å². The van der Waals surface area contributed by atoms with Crippen LogP contribution in [0, 0.1) is 6.92 Å². The average molecular weight is 505 g/mol. The highest BCUT2D eigenvalue weighted by Gasteiger charge is 2.21. The first-order valence-corrected chi connectivity index (χ1v) is 11.0. The van der Waals surface area contributed by atoms with Crippen LogP contribution in [0.3, 0.4) is 0 Å². The van der Waals surface area contributed by atoms with E-state index in [-0.39, 0.29) is 45.3 Å². The Labute approximate surface area is 215 Å². The summed E-state index contributed by atoms with van der Waals surface area (Å²) in [6, 6.07) is 7.69. The zero-order valence-corrected chi connectivity index (χ0v) is 21.5. The molecule has 0 N–H and O–H groups in total. The van der Waals surface area contributed by atoms with Crippen molar-refractivity contribution in [2.75, 3.05) is 0 Å². The number of benzene rings is 2. The Bertz CT molecular complexity index is 1360. The molecule has 0 heterocycles. The number of hydrogen-bond donors (Lipinski definition) is 0. The first-order chi connectivity index (χ1) is 17.2. The second-order valence-corrected chi connectivity index (χ2v) is 8.46. The molecule has 0 amide bonds. The molecule has 0 unspecified atom stereocenters. The van der Waals surface area contributed by atoms with Gasteiger partial charge >= 0.3 is 23.9 Å². The molecule has 8 heteroatoms. The molecule has 192 valence electrons. The molecule has 0 aromatic heterocycles. The number of esters is 4. The Hall–Kier alpha value is -4.72. The van der Waals surface area contributed by atoms with Crippen LogP contribution >= 0.6 is 0 Å². The van der Waals surface area contributed by atoms with E-state index in [4.69, 9.17) is 18.9 Å². The van der Waals surface area contributed by atoms with Gasteiger partial charge in [0.2, 0.25) is 0 Å². The van der Waals surface area contributed by atoms with E-state index in [1.54, 1.807) is 19.1 Å². The van der Waals surface area contributed by atoms with Crippen molar-refractivity contribution in [3.63, 3.8) is 0 Å². The van der Waals surface area contributed by atoms with E-state index >= 15 is 0 Å². The van der Waals surface area contributed by atoms with Crippen molar-refractivity contribution in [2.45, 2.75) is 34.6 Å². The maximum absolute atomic E-state index is 12.3. The fourth-order valence-electron chi connectivity index (χ4n) is 2.71. The van der Waals surface area contributed by atoms with Crippen LogP contribution in [-0.4, -0.2) is 23.9 Å². The minimum atomic E-state index is -0.723. The van der Waals surface area contributed by atoms with E-state index in [1.807, 2.05) is 0 Å². The normalized spacial score (nSPS) is 10.1. The lowest BCUT2D eigenvalue weighted by Gasteiger charge is -2.16. The molecule has 0 saturated carbocycles. The molecular weight excluding hydrogens is 476 g/mol. The molecule has 0 radical (unpaired) electrons. The van der Waals surface area contributed by atoms with E-state index in [2.05, 4.69) is 26.3 Å². The third kappa shape index (κ3) is 7.38. The summed E-state index contributed by atoms with van der Waals surface area (Å²) in [7, 11) is 0. The van der Waals surface area contributed by atoms with E-state index in [1.165, 1.54) is 45.9 Å². The van der Waals surface area contributed by atoms with Gasteiger partial charge in [-0.1, -0.05) is 32.4 Å². The van der Waals surface area contributed by atoms with Gasteiger partial charge in [0.15, 0.2) is 23.0 Å². The lowest BCUT2D eigenvalue weighted by Crippen LogP contribution is -2.14. The third-order valence-corrected chi connectivity index (χ3v) is 4.71. The highest BCUT2D eigenvalue weighted by Crippen LogP contribution is 2.40. The van der Waals surface area contributed by atoms with E-state index < -0.39 is 23.9 Å². The molecule has 0 aliphatic heterocycles. The second kappa shape index (κ2) is 11.8. The molecule has 0 spiro atoms. The van der Waals surface area contributed by atoms with Crippen LogP contribution in [0.4, 0.5) is 0 Å². The number of hydrogen-bond acceptors (Lipinski definition) is 8. The minimum absolute atomic E-state index is 0.0102. The van der Waals surface area contributed by atoms with Crippen LogP contribution in [-0.2, 0) is 19.2 Å². The van der Waals surface area contributed by atoms with Gasteiger partial charge in [0.25, 0.3) is 0 Å². The molecule has 0 bridgehead atoms. The number of ether oxygens (including phenoxy) is 4. The summed E-state index contributed by atoms with van der Waals surface area (Å²) in [5.74, 6) is -2.89. The van der Waals surface area contributed by atoms with Gasteiger partial charge in [-0.15, -0.1) is 0 Å². The second-order valence-electron chi connectivity index (χ2n) is 8.46. The van der Waals surface area contributed by atoms with Crippen LogP contribution < -0.4 is 18.9 Å². The van der Waals surface area contributed by atoms with E-state index in [0.717, 1.165) is 0 Å². The van der Waals surface area contributed by atoms with Crippen molar-refractivity contribution in [3.05, 3.63) is 84.5 Å². The Balaban J connectivity index is 2.66. The smallest absolute Gasteiger partial charge is 0.338 e. The van der Waals surface area contributed by atoms with Crippen molar-refractivity contribution in [2.24, 2.45) is 0 Å².